The van der Waals surface area contributed by atoms with E-state index in [9.17, 15) is 23.1 Å². The van der Waals surface area contributed by atoms with Crippen LogP contribution >= 0.6 is 0 Å². The topological polar surface area (TPSA) is 71.5 Å². The molecule has 0 spiro atoms. The quantitative estimate of drug-likeness (QED) is 0.886. The van der Waals surface area contributed by atoms with Gasteiger partial charge in [0.15, 0.2) is 6.61 Å². The van der Waals surface area contributed by atoms with E-state index in [0.29, 0.717) is 5.69 Å². The molecule has 0 bridgehead atoms. The lowest BCUT2D eigenvalue weighted by atomic mass is 10.1. The van der Waals surface area contributed by atoms with Crippen molar-refractivity contribution in [1.82, 2.24) is 10.3 Å². The van der Waals surface area contributed by atoms with Crippen molar-refractivity contribution in [3.8, 4) is 11.5 Å². The molecule has 0 saturated carbocycles. The second kappa shape index (κ2) is 6.99. The van der Waals surface area contributed by atoms with Gasteiger partial charge in [-0.3, -0.25) is 9.78 Å². The van der Waals surface area contributed by atoms with Crippen molar-refractivity contribution in [2.45, 2.75) is 12.7 Å². The van der Waals surface area contributed by atoms with Gasteiger partial charge in [-0.25, -0.2) is 0 Å². The molecule has 0 fully saturated rings. The monoisotopic (exact) mass is 326 g/mol. The number of phenolic OH excluding ortho intramolecular Hbond substituents is 1. The molecule has 1 heterocycles. The molecular formula is C15H13F3N2O3. The number of hydrogen-bond donors (Lipinski definition) is 2. The Labute approximate surface area is 129 Å². The molecule has 2 rings (SSSR count). The second-order valence-electron chi connectivity index (χ2n) is 4.59. The Kier molecular flexibility index (Phi) is 5.05. The van der Waals surface area contributed by atoms with Crippen LogP contribution in [0, 0.1) is 0 Å². The highest BCUT2D eigenvalue weighted by Gasteiger charge is 2.28. The maximum absolute atomic E-state index is 12.1. The van der Waals surface area contributed by atoms with Gasteiger partial charge in [-0.1, -0.05) is 6.07 Å². The predicted molar refractivity (Wildman–Crippen MR) is 75.1 cm³/mol. The normalized spacial score (nSPS) is 11.1. The number of halogens is 3. The van der Waals surface area contributed by atoms with Crippen LogP contribution in [0.15, 0.2) is 42.6 Å². The molecule has 0 unspecified atom stereocenters. The van der Waals surface area contributed by atoms with E-state index in [-0.39, 0.29) is 23.6 Å². The van der Waals surface area contributed by atoms with Gasteiger partial charge in [-0.05, 0) is 30.3 Å². The molecule has 0 saturated heterocycles. The van der Waals surface area contributed by atoms with Crippen LogP contribution in [0.1, 0.15) is 16.1 Å². The Hall–Kier alpha value is -2.77. The summed E-state index contributed by atoms with van der Waals surface area (Å²) >= 11 is 0. The van der Waals surface area contributed by atoms with Gasteiger partial charge in [0.1, 0.15) is 11.5 Å². The highest BCUT2D eigenvalue weighted by Crippen LogP contribution is 2.25. The third-order valence-corrected chi connectivity index (χ3v) is 2.77. The van der Waals surface area contributed by atoms with Crippen LogP contribution in [-0.2, 0) is 6.54 Å². The first-order chi connectivity index (χ1) is 10.8. The molecule has 0 aliphatic heterocycles. The minimum absolute atomic E-state index is 0.118. The number of nitrogens with zero attached hydrogens (tertiary/aromatic N) is 1. The van der Waals surface area contributed by atoms with E-state index in [4.69, 9.17) is 0 Å². The number of carbonyl (C=O) groups is 1. The molecule has 0 aliphatic rings. The smallest absolute Gasteiger partial charge is 0.422 e. The number of aromatic hydroxyl groups is 1. The van der Waals surface area contributed by atoms with Crippen LogP contribution in [0.4, 0.5) is 13.2 Å². The fourth-order valence-electron chi connectivity index (χ4n) is 1.72. The summed E-state index contributed by atoms with van der Waals surface area (Å²) in [5, 5.41) is 12.2. The number of benzene rings is 1. The lowest BCUT2D eigenvalue weighted by molar-refractivity contribution is -0.153. The number of alkyl halides is 3. The zero-order valence-electron chi connectivity index (χ0n) is 11.8. The summed E-state index contributed by atoms with van der Waals surface area (Å²) < 4.78 is 40.9. The Morgan fingerprint density at radius 3 is 2.70 bits per heavy atom. The first-order valence-electron chi connectivity index (χ1n) is 6.56. The van der Waals surface area contributed by atoms with Gasteiger partial charge in [0.25, 0.3) is 5.91 Å². The first kappa shape index (κ1) is 16.6. The summed E-state index contributed by atoms with van der Waals surface area (Å²) in [4.78, 5) is 16.0. The van der Waals surface area contributed by atoms with Crippen LogP contribution in [0.25, 0.3) is 0 Å². The van der Waals surface area contributed by atoms with Gasteiger partial charge in [-0.2, -0.15) is 13.2 Å². The van der Waals surface area contributed by atoms with Crippen molar-refractivity contribution in [3.63, 3.8) is 0 Å². The minimum atomic E-state index is -4.49. The summed E-state index contributed by atoms with van der Waals surface area (Å²) in [7, 11) is 0. The van der Waals surface area contributed by atoms with E-state index in [1.54, 1.807) is 24.4 Å². The number of hydrogen-bond acceptors (Lipinski definition) is 4. The number of nitrogens with one attached hydrogen (secondary N) is 1. The average Bonchev–Trinajstić information content (AvgIpc) is 2.52. The summed E-state index contributed by atoms with van der Waals surface area (Å²) in [5.41, 5.74) is 0.422. The minimum Gasteiger partial charge on any atom is -0.507 e. The molecule has 1 aromatic carbocycles. The molecule has 122 valence electrons. The number of amides is 1. The number of phenols is 1. The molecule has 23 heavy (non-hydrogen) atoms. The van der Waals surface area contributed by atoms with E-state index in [0.717, 1.165) is 18.2 Å². The lowest BCUT2D eigenvalue weighted by Crippen LogP contribution is -2.23. The Morgan fingerprint density at radius 2 is 2.04 bits per heavy atom. The van der Waals surface area contributed by atoms with Gasteiger partial charge in [-0.15, -0.1) is 0 Å². The first-order valence-corrected chi connectivity index (χ1v) is 6.56. The van der Waals surface area contributed by atoms with Gasteiger partial charge >= 0.3 is 6.18 Å². The van der Waals surface area contributed by atoms with Gasteiger partial charge in [0.2, 0.25) is 0 Å². The zero-order valence-corrected chi connectivity index (χ0v) is 11.8. The number of aromatic nitrogens is 1. The van der Waals surface area contributed by atoms with E-state index >= 15 is 0 Å². The fraction of sp³-hybridized carbons (Fsp3) is 0.200. The summed E-state index contributed by atoms with van der Waals surface area (Å²) in [6.07, 6.45) is -2.93. The molecule has 1 aromatic heterocycles. The molecule has 0 radical (unpaired) electrons. The van der Waals surface area contributed by atoms with E-state index in [1.165, 1.54) is 0 Å². The largest absolute Gasteiger partial charge is 0.507 e. The van der Waals surface area contributed by atoms with Crippen LogP contribution in [0.3, 0.4) is 0 Å². The molecule has 2 aromatic rings. The van der Waals surface area contributed by atoms with Gasteiger partial charge < -0.3 is 15.2 Å². The molecule has 0 atom stereocenters. The van der Waals surface area contributed by atoms with Crippen LogP contribution < -0.4 is 10.1 Å². The van der Waals surface area contributed by atoms with E-state index in [2.05, 4.69) is 15.0 Å². The Morgan fingerprint density at radius 1 is 1.26 bits per heavy atom. The lowest BCUT2D eigenvalue weighted by Gasteiger charge is -2.11. The average molecular weight is 326 g/mol. The number of pyridine rings is 1. The van der Waals surface area contributed by atoms with Crippen molar-refractivity contribution in [2.24, 2.45) is 0 Å². The highest BCUT2D eigenvalue weighted by molar-refractivity contribution is 5.97. The molecule has 2 N–H and O–H groups in total. The van der Waals surface area contributed by atoms with Crippen LogP contribution in [0.5, 0.6) is 11.5 Å². The standard InChI is InChI=1S/C15H13F3N2O3/c16-15(17,18)9-23-11-4-5-13(21)12(7-11)14(22)20-8-10-3-1-2-6-19-10/h1-7,21H,8-9H2,(H,20,22). The second-order valence-corrected chi connectivity index (χ2v) is 4.59. The molecule has 0 aliphatic carbocycles. The van der Waals surface area contributed by atoms with E-state index in [1.807, 2.05) is 0 Å². The molecule has 1 amide bonds. The third-order valence-electron chi connectivity index (χ3n) is 2.77. The Balaban J connectivity index is 2.04. The van der Waals surface area contributed by atoms with Gasteiger partial charge in [0, 0.05) is 6.20 Å². The van der Waals surface area contributed by atoms with E-state index < -0.39 is 18.7 Å². The third kappa shape index (κ3) is 5.17. The SMILES string of the molecule is O=C(NCc1ccccn1)c1cc(OCC(F)(F)F)ccc1O. The summed E-state index contributed by atoms with van der Waals surface area (Å²) in [5.74, 6) is -1.17. The maximum Gasteiger partial charge on any atom is 0.422 e. The predicted octanol–water partition coefficient (Wildman–Crippen LogP) is 2.66. The maximum atomic E-state index is 12.1. The van der Waals surface area contributed by atoms with Gasteiger partial charge in [0.05, 0.1) is 17.8 Å². The highest BCUT2D eigenvalue weighted by atomic mass is 19.4. The van der Waals surface area contributed by atoms with Crippen LogP contribution in [-0.4, -0.2) is 28.8 Å². The number of carbonyl (C=O) groups excluding carboxylic acids is 1. The fourth-order valence-corrected chi connectivity index (χ4v) is 1.72. The summed E-state index contributed by atoms with van der Waals surface area (Å²) in [6.45, 7) is -1.36. The van der Waals surface area contributed by atoms with Crippen molar-refractivity contribution < 1.29 is 27.8 Å². The van der Waals surface area contributed by atoms with Crippen molar-refractivity contribution in [2.75, 3.05) is 6.61 Å². The molecule has 8 heteroatoms. The number of ether oxygens (including phenoxy) is 1. The molecule has 5 nitrogen and oxygen atoms in total. The van der Waals surface area contributed by atoms with Crippen LogP contribution in [0.2, 0.25) is 0 Å². The van der Waals surface area contributed by atoms with Crippen molar-refractivity contribution in [3.05, 3.63) is 53.9 Å². The summed E-state index contributed by atoms with van der Waals surface area (Å²) in [6, 6.07) is 8.46. The van der Waals surface area contributed by atoms with Crippen molar-refractivity contribution >= 4 is 5.91 Å². The number of rotatable bonds is 5. The zero-order chi connectivity index (χ0) is 16.9. The van der Waals surface area contributed by atoms with Crippen molar-refractivity contribution in [1.29, 1.82) is 0 Å². The Bertz CT molecular complexity index is 675. The molecular weight excluding hydrogens is 313 g/mol.